The zero-order valence-corrected chi connectivity index (χ0v) is 74.2. The highest BCUT2D eigenvalue weighted by Crippen LogP contribution is 2.55. The number of anilines is 2. The van der Waals surface area contributed by atoms with Crippen molar-refractivity contribution in [3.8, 4) is 171 Å². The summed E-state index contributed by atoms with van der Waals surface area (Å²) < 4.78 is 56.1. The van der Waals surface area contributed by atoms with Gasteiger partial charge in [0.2, 0.25) is 0 Å². The summed E-state index contributed by atoms with van der Waals surface area (Å²) in [6.45, 7) is 4.76. The number of carbonyl (C=O) groups is 4. The number of phenols is 2. The first kappa shape index (κ1) is 86.7. The number of hydrogen-bond donors (Lipinski definition) is 2. The highest BCUT2D eigenvalue weighted by atomic mass is 19.4. The predicted octanol–water partition coefficient (Wildman–Crippen LogP) is 28.6. The number of fused-ring (bicyclic) bond motifs is 2. The number of amides is 4. The summed E-state index contributed by atoms with van der Waals surface area (Å²) in [6, 6.07) is 129. The molecule has 0 spiro atoms. The fourth-order valence-electron chi connectivity index (χ4n) is 18.0. The highest BCUT2D eigenvalue weighted by Gasteiger charge is 2.55. The number of phenolic OH excluding ortho intramolecular Hbond substituents is 2. The van der Waals surface area contributed by atoms with Crippen LogP contribution in [0.5, 0.6) is 23.0 Å². The van der Waals surface area contributed by atoms with Gasteiger partial charge in [0.15, 0.2) is 0 Å². The quantitative estimate of drug-likeness (QED) is 0.0774. The van der Waals surface area contributed by atoms with Crippen LogP contribution in [0, 0.1) is 61.2 Å². The second-order valence-electron chi connectivity index (χ2n) is 33.8. The van der Waals surface area contributed by atoms with Gasteiger partial charge in [-0.2, -0.15) is 13.2 Å². The van der Waals surface area contributed by atoms with Crippen LogP contribution < -0.4 is 14.5 Å². The summed E-state index contributed by atoms with van der Waals surface area (Å²) in [5.74, 6) is 22.9. The Labute approximate surface area is 791 Å². The monoisotopic (exact) mass is 1780 g/mol. The SMILES string of the molecule is Cc1ccc2c(c1)C(=O)N(c1cc(C(C)(c3ccc(O)c(N4C(=O)c5ccc(-c6cc(-c7ccc(C#Cc8ccccc8)cc7)c(-c7ccc(Oc8ccc(-c9c(-c%10ccc(C#Cc%11ccccc%11)cc%10)cc(C)c(-c%10ccc(C#Cc%11ccccc%11)cc%10)c9-c9ccccc9)cc8)cc7)c(-c7ccccc7)c6-c6ccc(C#Cc7ccccc7)cc6)cc5C4=O)c3)C(F)(F)F)ccc1O)C2=O. The summed E-state index contributed by atoms with van der Waals surface area (Å²) in [4.78, 5) is 60.1. The maximum absolute atomic E-state index is 16.4. The number of imide groups is 2. The van der Waals surface area contributed by atoms with Crippen LogP contribution in [0.2, 0.25) is 0 Å². The van der Waals surface area contributed by atoms with Gasteiger partial charge in [0, 0.05) is 44.5 Å². The van der Waals surface area contributed by atoms with E-state index in [4.69, 9.17) is 4.74 Å². The highest BCUT2D eigenvalue weighted by molar-refractivity contribution is 6.36. The molecule has 0 radical (unpaired) electrons. The largest absolute Gasteiger partial charge is 0.506 e. The fraction of sp³-hybridized carbons (Fsp3) is 0.0400. The Bertz CT molecular complexity index is 8110. The molecule has 9 nitrogen and oxygen atoms in total. The molecule has 0 fully saturated rings. The number of ether oxygens (including phenoxy) is 1. The lowest BCUT2D eigenvalue weighted by Gasteiger charge is -2.34. The van der Waals surface area contributed by atoms with Crippen molar-refractivity contribution in [2.45, 2.75) is 32.4 Å². The molecule has 12 heteroatoms. The Balaban J connectivity index is 0.705. The summed E-state index contributed by atoms with van der Waals surface area (Å²) in [5.41, 5.74) is 18.8. The number of nitrogens with zero attached hydrogens (tertiary/aromatic N) is 2. The van der Waals surface area contributed by atoms with Gasteiger partial charge in [0.25, 0.3) is 23.6 Å². The van der Waals surface area contributed by atoms with Crippen LogP contribution in [0.4, 0.5) is 24.5 Å². The zero-order valence-electron chi connectivity index (χ0n) is 74.2. The third-order valence-electron chi connectivity index (χ3n) is 25.1. The molecule has 0 bridgehead atoms. The van der Waals surface area contributed by atoms with E-state index < -0.39 is 69.2 Å². The number of aromatic hydroxyl groups is 2. The first-order chi connectivity index (χ1) is 66.7. The molecule has 2 N–H and O–H groups in total. The summed E-state index contributed by atoms with van der Waals surface area (Å²) in [7, 11) is 0. The molecule has 1 unspecified atom stereocenters. The Kier molecular flexibility index (Phi) is 23.3. The van der Waals surface area contributed by atoms with Crippen molar-refractivity contribution in [2.75, 3.05) is 9.80 Å². The molecule has 0 aromatic heterocycles. The summed E-state index contributed by atoms with van der Waals surface area (Å²) in [5, 5.41) is 23.2. The first-order valence-electron chi connectivity index (χ1n) is 44.6. The van der Waals surface area contributed by atoms with E-state index in [0.717, 1.165) is 182 Å². The molecule has 2 aliphatic rings. The van der Waals surface area contributed by atoms with Crippen LogP contribution in [-0.2, 0) is 5.41 Å². The van der Waals surface area contributed by atoms with Crippen molar-refractivity contribution in [3.63, 3.8) is 0 Å². The molecule has 20 rings (SSSR count). The third kappa shape index (κ3) is 17.2. The smallest absolute Gasteiger partial charge is 0.402 e. The second kappa shape index (κ2) is 36.8. The van der Waals surface area contributed by atoms with E-state index in [-0.39, 0.29) is 22.3 Å². The van der Waals surface area contributed by atoms with Crippen LogP contribution in [0.1, 0.15) is 115 Å². The van der Waals surface area contributed by atoms with E-state index in [9.17, 15) is 19.8 Å². The normalized spacial score (nSPS) is 12.4. The van der Waals surface area contributed by atoms with Crippen LogP contribution in [0.15, 0.2) is 413 Å². The van der Waals surface area contributed by atoms with Crippen molar-refractivity contribution < 1.29 is 47.3 Å². The van der Waals surface area contributed by atoms with E-state index in [1.165, 1.54) is 18.2 Å². The Morgan fingerprint density at radius 3 is 0.891 bits per heavy atom. The lowest BCUT2D eigenvalue weighted by atomic mass is 9.75. The van der Waals surface area contributed by atoms with Gasteiger partial charge >= 0.3 is 6.18 Å². The number of rotatable bonds is 15. The second-order valence-corrected chi connectivity index (χ2v) is 33.8. The minimum absolute atomic E-state index is 0.00579. The Morgan fingerprint density at radius 1 is 0.248 bits per heavy atom. The van der Waals surface area contributed by atoms with Crippen LogP contribution in [0.3, 0.4) is 0 Å². The number of aryl methyl sites for hydroxylation is 2. The number of alkyl halides is 3. The van der Waals surface area contributed by atoms with Gasteiger partial charge < -0.3 is 14.9 Å². The zero-order chi connectivity index (χ0) is 94.0. The van der Waals surface area contributed by atoms with Gasteiger partial charge in [0.05, 0.1) is 33.6 Å². The van der Waals surface area contributed by atoms with Gasteiger partial charge in [-0.3, -0.25) is 19.2 Å². The lowest BCUT2D eigenvalue weighted by Crippen LogP contribution is -2.41. The molecule has 18 aromatic carbocycles. The molecular weight excluding hydrogens is 1700 g/mol. The fourth-order valence-corrected chi connectivity index (χ4v) is 18.0. The van der Waals surface area contributed by atoms with Crippen molar-refractivity contribution in [1.82, 2.24) is 0 Å². The average Bonchev–Trinajstić information content (AvgIpc) is 1.70. The van der Waals surface area contributed by atoms with Gasteiger partial charge in [0.1, 0.15) is 28.4 Å². The van der Waals surface area contributed by atoms with Crippen molar-refractivity contribution in [3.05, 3.63) is 502 Å². The molecule has 0 saturated carbocycles. The number of carbonyl (C=O) groups excluding carboxylic acids is 4. The molecule has 2 aliphatic heterocycles. The lowest BCUT2D eigenvalue weighted by molar-refractivity contribution is -0.173. The van der Waals surface area contributed by atoms with Crippen molar-refractivity contribution in [1.29, 1.82) is 0 Å². The van der Waals surface area contributed by atoms with E-state index in [2.05, 4.69) is 151 Å². The maximum Gasteiger partial charge on any atom is 0.402 e. The van der Waals surface area contributed by atoms with E-state index in [1.54, 1.807) is 25.1 Å². The van der Waals surface area contributed by atoms with Crippen LogP contribution in [0.25, 0.3) is 100 Å². The minimum atomic E-state index is -5.18. The topological polar surface area (TPSA) is 124 Å². The maximum atomic E-state index is 16.4. The minimum Gasteiger partial charge on any atom is -0.506 e. The number of benzene rings is 18. The molecule has 18 aromatic rings. The van der Waals surface area contributed by atoms with E-state index in [0.29, 0.717) is 38.0 Å². The average molecular weight is 1780 g/mol. The Hall–Kier alpha value is -18.3. The van der Waals surface area contributed by atoms with Gasteiger partial charge in [-0.25, -0.2) is 9.80 Å². The molecule has 1 atom stereocenters. The Morgan fingerprint density at radius 2 is 0.526 bits per heavy atom. The predicted molar refractivity (Wildman–Crippen MR) is 538 cm³/mol. The van der Waals surface area contributed by atoms with Gasteiger partial charge in [-0.1, -0.05) is 290 Å². The number of hydrogen-bond acceptors (Lipinski definition) is 7. The molecule has 2 heterocycles. The molecular formula is C125H79F3N2O7. The van der Waals surface area contributed by atoms with Crippen molar-refractivity contribution >= 4 is 35.0 Å². The standard InChI is InChI=1S/C125H79F3N2O7/c1-80-34-70-103-108(74-80)122(135)129(120(103)133)110-77-99(64-72-112(110)131)124(3,125(126,127)128)100-65-73-113(132)111(78-100)130-121(134)104-71-63-98(76-109(104)123(130)136)107-79-106(91-53-45-87(46-54-91)40-36-83-24-12-5-13-25-83)116(119(93-32-20-9-21-33-93)117(107)95-57-49-89(50-58-95)42-38-85-28-16-7-17-29-85)97-61-68-102(69-62-97)137-101-66-59-96(60-67-101)115-105(90-51-43-86(44-52-90)39-35-82-22-10-4-11-23-82)75-81(2)114(118(115)92-30-18-8-19-31-92)94-55-47-88(48-56-94)41-37-84-26-14-6-15-27-84/h4-34,43-79,131-132H,1-3H3. The molecule has 4 amide bonds. The van der Waals surface area contributed by atoms with Gasteiger partial charge in [-0.15, -0.1) is 0 Å². The molecule has 0 aliphatic carbocycles. The number of halogens is 3. The van der Waals surface area contributed by atoms with Crippen LogP contribution >= 0.6 is 0 Å². The molecule has 137 heavy (non-hydrogen) atoms. The van der Waals surface area contributed by atoms with E-state index >= 15 is 22.8 Å². The molecule has 0 saturated heterocycles. The third-order valence-corrected chi connectivity index (χ3v) is 25.1. The molecule has 652 valence electrons. The van der Waals surface area contributed by atoms with Crippen LogP contribution in [-0.4, -0.2) is 40.0 Å². The van der Waals surface area contributed by atoms with Gasteiger partial charge in [-0.05, 0) is 314 Å². The first-order valence-corrected chi connectivity index (χ1v) is 44.6. The van der Waals surface area contributed by atoms with E-state index in [1.807, 2.05) is 243 Å². The van der Waals surface area contributed by atoms with Crippen molar-refractivity contribution in [2.24, 2.45) is 0 Å². The summed E-state index contributed by atoms with van der Waals surface area (Å²) in [6.07, 6.45) is -5.18. The summed E-state index contributed by atoms with van der Waals surface area (Å²) >= 11 is 0.